The second-order valence-corrected chi connectivity index (χ2v) is 3.78. The molecule has 0 aliphatic heterocycles. The fourth-order valence-electron chi connectivity index (χ4n) is 1.46. The Morgan fingerprint density at radius 1 is 1.33 bits per heavy atom. The van der Waals surface area contributed by atoms with Crippen molar-refractivity contribution in [1.29, 1.82) is 0 Å². The molecule has 1 amide bonds. The van der Waals surface area contributed by atoms with Crippen molar-refractivity contribution in [3.05, 3.63) is 52.5 Å². The maximum absolute atomic E-state index is 13.3. The number of benzene rings is 1. The summed E-state index contributed by atoms with van der Waals surface area (Å²) in [5.41, 5.74) is -0.269. The van der Waals surface area contributed by atoms with Crippen LogP contribution in [0.25, 0.3) is 0 Å². The Labute approximate surface area is 117 Å². The van der Waals surface area contributed by atoms with Gasteiger partial charge in [-0.3, -0.25) is 5.32 Å². The molecule has 1 heterocycles. The first kappa shape index (κ1) is 14.2. The lowest BCUT2D eigenvalue weighted by Crippen LogP contribution is -2.08. The second-order valence-electron chi connectivity index (χ2n) is 3.78. The van der Waals surface area contributed by atoms with E-state index in [1.807, 2.05) is 5.32 Å². The van der Waals surface area contributed by atoms with Crippen LogP contribution in [0.15, 0.2) is 36.5 Å². The Balaban J connectivity index is 2.19. The Morgan fingerprint density at radius 2 is 2.05 bits per heavy atom. The van der Waals surface area contributed by atoms with Gasteiger partial charge in [-0.2, -0.15) is 0 Å². The van der Waals surface area contributed by atoms with Crippen LogP contribution in [0.5, 0.6) is 11.5 Å². The molecule has 0 atom stereocenters. The van der Waals surface area contributed by atoms with Crippen molar-refractivity contribution in [1.82, 2.24) is 4.98 Å². The van der Waals surface area contributed by atoms with Gasteiger partial charge in [0.05, 0.1) is 5.69 Å². The lowest BCUT2D eigenvalue weighted by Gasteiger charge is -2.07. The summed E-state index contributed by atoms with van der Waals surface area (Å²) in [7, 11) is 0. The molecule has 21 heavy (non-hydrogen) atoms. The van der Waals surface area contributed by atoms with Crippen molar-refractivity contribution >= 4 is 17.6 Å². The van der Waals surface area contributed by atoms with Gasteiger partial charge in [0, 0.05) is 12.1 Å². The van der Waals surface area contributed by atoms with E-state index in [0.717, 1.165) is 24.4 Å². The number of rotatable bonds is 4. The minimum atomic E-state index is -1.41. The maximum Gasteiger partial charge on any atom is 0.409 e. The van der Waals surface area contributed by atoms with Crippen LogP contribution in [0.3, 0.4) is 0 Å². The number of anilines is 1. The highest BCUT2D eigenvalue weighted by molar-refractivity contribution is 5.83. The lowest BCUT2D eigenvalue weighted by molar-refractivity contribution is -0.389. The van der Waals surface area contributed by atoms with Crippen molar-refractivity contribution < 1.29 is 24.0 Å². The van der Waals surface area contributed by atoms with Crippen LogP contribution in [0.1, 0.15) is 0 Å². The molecule has 2 rings (SSSR count). The predicted octanol–water partition coefficient (Wildman–Crippen LogP) is 3.01. The highest BCUT2D eigenvalue weighted by atomic mass is 19.1. The van der Waals surface area contributed by atoms with Crippen LogP contribution in [0.2, 0.25) is 0 Å². The van der Waals surface area contributed by atoms with Gasteiger partial charge in [0.15, 0.2) is 11.9 Å². The van der Waals surface area contributed by atoms with Gasteiger partial charge in [-0.05, 0) is 28.1 Å². The largest absolute Gasteiger partial charge is 0.465 e. The molecule has 108 valence electrons. The van der Waals surface area contributed by atoms with Crippen LogP contribution in [-0.4, -0.2) is 21.1 Å². The highest BCUT2D eigenvalue weighted by Gasteiger charge is 2.10. The molecule has 0 spiro atoms. The van der Waals surface area contributed by atoms with Crippen LogP contribution in [-0.2, 0) is 0 Å². The third kappa shape index (κ3) is 3.62. The first-order chi connectivity index (χ1) is 9.95. The highest BCUT2D eigenvalue weighted by Crippen LogP contribution is 2.26. The van der Waals surface area contributed by atoms with Crippen LogP contribution in [0, 0.1) is 15.9 Å². The van der Waals surface area contributed by atoms with Crippen LogP contribution in [0.4, 0.5) is 20.7 Å². The van der Waals surface area contributed by atoms with Crippen molar-refractivity contribution in [3.8, 4) is 11.5 Å². The summed E-state index contributed by atoms with van der Waals surface area (Å²) in [6.07, 6.45) is -0.283. The smallest absolute Gasteiger partial charge is 0.409 e. The Hall–Kier alpha value is -3.23. The summed E-state index contributed by atoms with van der Waals surface area (Å²) in [6.45, 7) is 0. The fourth-order valence-corrected chi connectivity index (χ4v) is 1.46. The predicted molar refractivity (Wildman–Crippen MR) is 69.0 cm³/mol. The number of nitro groups is 1. The van der Waals surface area contributed by atoms with Crippen molar-refractivity contribution in [2.24, 2.45) is 0 Å². The normalized spacial score (nSPS) is 9.95. The summed E-state index contributed by atoms with van der Waals surface area (Å²) >= 11 is 0. The topological polar surface area (TPSA) is 115 Å². The van der Waals surface area contributed by atoms with E-state index in [9.17, 15) is 19.3 Å². The third-order valence-electron chi connectivity index (χ3n) is 2.32. The quantitative estimate of drug-likeness (QED) is 0.661. The molecule has 0 saturated heterocycles. The van der Waals surface area contributed by atoms with Gasteiger partial charge in [0.1, 0.15) is 11.6 Å². The number of halogens is 1. The molecule has 8 nitrogen and oxygen atoms in total. The van der Waals surface area contributed by atoms with Crippen LogP contribution >= 0.6 is 0 Å². The standard InChI is InChI=1S/C12H8FN3O5/c13-9-3-1-7(5-10(9)15-12(17)18)21-8-2-4-11(14-6-8)16(19)20/h1-6,15H,(H,17,18). The molecule has 1 aromatic heterocycles. The average molecular weight is 293 g/mol. The van der Waals surface area contributed by atoms with Gasteiger partial charge in [0.25, 0.3) is 0 Å². The molecular weight excluding hydrogens is 285 g/mol. The van der Waals surface area contributed by atoms with E-state index in [2.05, 4.69) is 4.98 Å². The molecule has 0 aliphatic rings. The zero-order valence-corrected chi connectivity index (χ0v) is 10.3. The number of nitrogens with zero attached hydrogens (tertiary/aromatic N) is 2. The fraction of sp³-hybridized carbons (Fsp3) is 0. The molecule has 2 aromatic rings. The number of hydrogen-bond acceptors (Lipinski definition) is 5. The molecule has 9 heteroatoms. The summed E-state index contributed by atoms with van der Waals surface area (Å²) in [5.74, 6) is -0.759. The molecule has 0 fully saturated rings. The minimum Gasteiger partial charge on any atom is -0.465 e. The molecule has 0 saturated carbocycles. The van der Waals surface area contributed by atoms with Crippen molar-refractivity contribution in [2.45, 2.75) is 0 Å². The summed E-state index contributed by atoms with van der Waals surface area (Å²) in [5, 5.41) is 20.9. The van der Waals surface area contributed by atoms with Gasteiger partial charge in [-0.1, -0.05) is 0 Å². The first-order valence-corrected chi connectivity index (χ1v) is 5.53. The second kappa shape index (κ2) is 5.82. The van der Waals surface area contributed by atoms with Crippen molar-refractivity contribution in [2.75, 3.05) is 5.32 Å². The van der Waals surface area contributed by atoms with Gasteiger partial charge in [0.2, 0.25) is 0 Å². The summed E-state index contributed by atoms with van der Waals surface area (Å²) < 4.78 is 18.6. The molecule has 0 radical (unpaired) electrons. The van der Waals surface area contributed by atoms with E-state index in [-0.39, 0.29) is 23.0 Å². The number of carboxylic acid groups (broad SMARTS) is 1. The van der Waals surface area contributed by atoms with E-state index < -0.39 is 16.8 Å². The van der Waals surface area contributed by atoms with Gasteiger partial charge < -0.3 is 20.0 Å². The molecule has 0 unspecified atom stereocenters. The first-order valence-electron chi connectivity index (χ1n) is 5.53. The molecule has 0 bridgehead atoms. The number of hydrogen-bond donors (Lipinski definition) is 2. The monoisotopic (exact) mass is 293 g/mol. The zero-order valence-electron chi connectivity index (χ0n) is 10.3. The third-order valence-corrected chi connectivity index (χ3v) is 2.32. The summed E-state index contributed by atoms with van der Waals surface area (Å²) in [6, 6.07) is 5.92. The van der Waals surface area contributed by atoms with E-state index >= 15 is 0 Å². The van der Waals surface area contributed by atoms with E-state index in [1.54, 1.807) is 0 Å². The molecular formula is C12H8FN3O5. The zero-order chi connectivity index (χ0) is 15.4. The Kier molecular flexibility index (Phi) is 3.93. The maximum atomic E-state index is 13.3. The number of aromatic nitrogens is 1. The number of nitrogens with one attached hydrogen (secondary N) is 1. The number of carbonyl (C=O) groups is 1. The number of ether oxygens (including phenoxy) is 1. The average Bonchev–Trinajstić information content (AvgIpc) is 2.42. The van der Waals surface area contributed by atoms with Crippen LogP contribution < -0.4 is 10.1 Å². The van der Waals surface area contributed by atoms with Gasteiger partial charge in [-0.15, -0.1) is 0 Å². The van der Waals surface area contributed by atoms with E-state index in [4.69, 9.17) is 9.84 Å². The van der Waals surface area contributed by atoms with Crippen molar-refractivity contribution in [3.63, 3.8) is 0 Å². The Morgan fingerprint density at radius 3 is 2.62 bits per heavy atom. The van der Waals surface area contributed by atoms with Gasteiger partial charge >= 0.3 is 11.9 Å². The number of pyridine rings is 1. The Bertz CT molecular complexity index is 690. The summed E-state index contributed by atoms with van der Waals surface area (Å²) in [4.78, 5) is 23.9. The van der Waals surface area contributed by atoms with Gasteiger partial charge in [-0.25, -0.2) is 9.18 Å². The minimum absolute atomic E-state index is 0.149. The number of amides is 1. The molecule has 2 N–H and O–H groups in total. The van der Waals surface area contributed by atoms with E-state index in [1.165, 1.54) is 12.1 Å². The lowest BCUT2D eigenvalue weighted by atomic mass is 10.3. The SMILES string of the molecule is O=C(O)Nc1cc(Oc2ccc([N+](=O)[O-])nc2)ccc1F. The molecule has 0 aliphatic carbocycles. The van der Waals surface area contributed by atoms with E-state index in [0.29, 0.717) is 0 Å². The molecule has 1 aromatic carbocycles.